The number of hydrogen-bond acceptors (Lipinski definition) is 3. The molecule has 21 heavy (non-hydrogen) atoms. The summed E-state index contributed by atoms with van der Waals surface area (Å²) >= 11 is 3.40. The molecular formula is C17H15BrN2O. The molecular weight excluding hydrogens is 328 g/mol. The van der Waals surface area contributed by atoms with E-state index in [2.05, 4.69) is 39.4 Å². The molecule has 106 valence electrons. The van der Waals surface area contributed by atoms with Crippen molar-refractivity contribution in [3.8, 4) is 11.8 Å². The minimum Gasteiger partial charge on any atom is -0.497 e. The van der Waals surface area contributed by atoms with Crippen molar-refractivity contribution in [3.63, 3.8) is 0 Å². The Kier molecular flexibility index (Phi) is 3.85. The minimum absolute atomic E-state index is 0.225. The van der Waals surface area contributed by atoms with Gasteiger partial charge in [-0.25, -0.2) is 0 Å². The van der Waals surface area contributed by atoms with Crippen molar-refractivity contribution >= 4 is 21.6 Å². The Bertz CT molecular complexity index is 721. The van der Waals surface area contributed by atoms with Gasteiger partial charge in [0.1, 0.15) is 11.8 Å². The van der Waals surface area contributed by atoms with Crippen molar-refractivity contribution in [1.29, 1.82) is 5.26 Å². The highest BCUT2D eigenvalue weighted by Gasteiger charge is 2.23. The highest BCUT2D eigenvalue weighted by Crippen LogP contribution is 2.36. The molecule has 0 spiro atoms. The second-order valence-electron chi connectivity index (χ2n) is 5.10. The molecule has 0 radical (unpaired) electrons. The van der Waals surface area contributed by atoms with E-state index in [0.29, 0.717) is 5.56 Å². The summed E-state index contributed by atoms with van der Waals surface area (Å²) in [7, 11) is 1.68. The molecule has 1 aliphatic rings. The molecule has 1 aliphatic carbocycles. The maximum atomic E-state index is 9.26. The second kappa shape index (κ2) is 5.79. The van der Waals surface area contributed by atoms with E-state index < -0.39 is 0 Å². The molecule has 0 aliphatic heterocycles. The van der Waals surface area contributed by atoms with Gasteiger partial charge in [0.05, 0.1) is 24.4 Å². The van der Waals surface area contributed by atoms with Crippen LogP contribution >= 0.6 is 15.9 Å². The zero-order valence-corrected chi connectivity index (χ0v) is 13.3. The molecule has 0 fully saturated rings. The van der Waals surface area contributed by atoms with Gasteiger partial charge in [0.2, 0.25) is 0 Å². The molecule has 2 aromatic rings. The maximum Gasteiger partial charge on any atom is 0.119 e. The summed E-state index contributed by atoms with van der Waals surface area (Å²) in [5.41, 5.74) is 4.15. The Morgan fingerprint density at radius 2 is 2.14 bits per heavy atom. The third-order valence-corrected chi connectivity index (χ3v) is 4.36. The monoisotopic (exact) mass is 342 g/mol. The fraction of sp³-hybridized carbons (Fsp3) is 0.235. The van der Waals surface area contributed by atoms with E-state index >= 15 is 0 Å². The zero-order chi connectivity index (χ0) is 14.8. The van der Waals surface area contributed by atoms with Crippen molar-refractivity contribution in [2.24, 2.45) is 0 Å². The Morgan fingerprint density at radius 3 is 2.90 bits per heavy atom. The van der Waals surface area contributed by atoms with Crippen molar-refractivity contribution in [1.82, 2.24) is 0 Å². The normalized spacial score (nSPS) is 16.1. The Labute approximate surface area is 132 Å². The van der Waals surface area contributed by atoms with E-state index in [9.17, 15) is 5.26 Å². The van der Waals surface area contributed by atoms with Gasteiger partial charge in [0, 0.05) is 4.47 Å². The van der Waals surface area contributed by atoms with Crippen LogP contribution in [0.1, 0.15) is 29.2 Å². The summed E-state index contributed by atoms with van der Waals surface area (Å²) in [5, 5.41) is 12.8. The van der Waals surface area contributed by atoms with E-state index in [4.69, 9.17) is 4.74 Å². The first-order valence-electron chi connectivity index (χ1n) is 6.84. The van der Waals surface area contributed by atoms with Crippen LogP contribution in [0.4, 0.5) is 5.69 Å². The SMILES string of the molecule is COc1ccc2c(c1)C(Nc1ccc(Br)cc1C#N)CC2. The lowest BCUT2D eigenvalue weighted by molar-refractivity contribution is 0.414. The van der Waals surface area contributed by atoms with E-state index in [0.717, 1.165) is 28.8 Å². The Hall–Kier alpha value is -1.99. The standard InChI is InChI=1S/C17H15BrN2O/c1-21-14-5-2-11-3-6-17(15(11)9-14)20-16-7-4-13(18)8-12(16)10-19/h2,4-5,7-9,17,20H,3,6H2,1H3. The molecule has 1 unspecified atom stereocenters. The number of methoxy groups -OCH3 is 1. The van der Waals surface area contributed by atoms with Gasteiger partial charge in [-0.3, -0.25) is 0 Å². The van der Waals surface area contributed by atoms with Gasteiger partial charge in [0.25, 0.3) is 0 Å². The number of nitriles is 1. The highest BCUT2D eigenvalue weighted by atomic mass is 79.9. The van der Waals surface area contributed by atoms with Gasteiger partial charge < -0.3 is 10.1 Å². The number of halogens is 1. The molecule has 0 aromatic heterocycles. The van der Waals surface area contributed by atoms with Crippen LogP contribution in [-0.4, -0.2) is 7.11 Å². The fourth-order valence-corrected chi connectivity index (χ4v) is 3.14. The minimum atomic E-state index is 0.225. The number of anilines is 1. The first-order valence-corrected chi connectivity index (χ1v) is 7.63. The van der Waals surface area contributed by atoms with Gasteiger partial charge in [0.15, 0.2) is 0 Å². The number of aryl methyl sites for hydroxylation is 1. The van der Waals surface area contributed by atoms with Crippen molar-refractivity contribution < 1.29 is 4.74 Å². The molecule has 0 saturated carbocycles. The van der Waals surface area contributed by atoms with E-state index in [1.807, 2.05) is 24.3 Å². The molecule has 0 heterocycles. The van der Waals surface area contributed by atoms with Gasteiger partial charge in [-0.15, -0.1) is 0 Å². The molecule has 0 saturated heterocycles. The summed E-state index contributed by atoms with van der Waals surface area (Å²) in [6.45, 7) is 0. The van der Waals surface area contributed by atoms with Crippen LogP contribution in [0.3, 0.4) is 0 Å². The number of fused-ring (bicyclic) bond motifs is 1. The van der Waals surface area contributed by atoms with E-state index in [1.54, 1.807) is 7.11 Å². The molecule has 4 heteroatoms. The van der Waals surface area contributed by atoms with E-state index in [1.165, 1.54) is 11.1 Å². The van der Waals surface area contributed by atoms with Gasteiger partial charge in [-0.1, -0.05) is 22.0 Å². The van der Waals surface area contributed by atoms with Crippen molar-refractivity contribution in [3.05, 3.63) is 57.6 Å². The average Bonchev–Trinajstić information content (AvgIpc) is 2.91. The van der Waals surface area contributed by atoms with Gasteiger partial charge >= 0.3 is 0 Å². The topological polar surface area (TPSA) is 45.0 Å². The van der Waals surface area contributed by atoms with Crippen LogP contribution < -0.4 is 10.1 Å². The van der Waals surface area contributed by atoms with Crippen LogP contribution in [0.5, 0.6) is 5.75 Å². The predicted octanol–water partition coefficient (Wildman–Crippen LogP) is 4.43. The smallest absolute Gasteiger partial charge is 0.119 e. The fourth-order valence-electron chi connectivity index (χ4n) is 2.78. The number of hydrogen-bond donors (Lipinski definition) is 1. The zero-order valence-electron chi connectivity index (χ0n) is 11.7. The Balaban J connectivity index is 1.90. The van der Waals surface area contributed by atoms with Crippen LogP contribution in [0.15, 0.2) is 40.9 Å². The third kappa shape index (κ3) is 2.74. The lowest BCUT2D eigenvalue weighted by atomic mass is 10.1. The molecule has 1 N–H and O–H groups in total. The predicted molar refractivity (Wildman–Crippen MR) is 86.5 cm³/mol. The molecule has 3 rings (SSSR count). The molecule has 0 bridgehead atoms. The summed E-state index contributed by atoms with van der Waals surface area (Å²) in [6.07, 6.45) is 2.08. The molecule has 3 nitrogen and oxygen atoms in total. The summed E-state index contributed by atoms with van der Waals surface area (Å²) < 4.78 is 6.23. The second-order valence-corrected chi connectivity index (χ2v) is 6.02. The number of nitrogens with zero attached hydrogens (tertiary/aromatic N) is 1. The van der Waals surface area contributed by atoms with Gasteiger partial charge in [-0.2, -0.15) is 5.26 Å². The van der Waals surface area contributed by atoms with Crippen LogP contribution in [-0.2, 0) is 6.42 Å². The first kappa shape index (κ1) is 14.0. The summed E-state index contributed by atoms with van der Waals surface area (Å²) in [5.74, 6) is 0.874. The molecule has 1 atom stereocenters. The average molecular weight is 343 g/mol. The number of rotatable bonds is 3. The highest BCUT2D eigenvalue weighted by molar-refractivity contribution is 9.10. The van der Waals surface area contributed by atoms with E-state index in [-0.39, 0.29) is 6.04 Å². The van der Waals surface area contributed by atoms with Gasteiger partial charge in [-0.05, 0) is 54.3 Å². The molecule has 2 aromatic carbocycles. The summed E-state index contributed by atoms with van der Waals surface area (Å²) in [4.78, 5) is 0. The number of benzene rings is 2. The number of ether oxygens (including phenoxy) is 1. The lowest BCUT2D eigenvalue weighted by Crippen LogP contribution is -2.08. The quantitative estimate of drug-likeness (QED) is 0.897. The Morgan fingerprint density at radius 1 is 1.29 bits per heavy atom. The largest absolute Gasteiger partial charge is 0.497 e. The van der Waals surface area contributed by atoms with Crippen molar-refractivity contribution in [2.45, 2.75) is 18.9 Å². The molecule has 0 amide bonds. The van der Waals surface area contributed by atoms with Crippen LogP contribution in [0.2, 0.25) is 0 Å². The van der Waals surface area contributed by atoms with Crippen LogP contribution in [0, 0.1) is 11.3 Å². The lowest BCUT2D eigenvalue weighted by Gasteiger charge is -2.17. The maximum absolute atomic E-state index is 9.26. The third-order valence-electron chi connectivity index (χ3n) is 3.86. The van der Waals surface area contributed by atoms with Crippen molar-refractivity contribution in [2.75, 3.05) is 12.4 Å². The van der Waals surface area contributed by atoms with Crippen LogP contribution in [0.25, 0.3) is 0 Å². The summed E-state index contributed by atoms with van der Waals surface area (Å²) in [6, 6.07) is 14.4. The first-order chi connectivity index (χ1) is 10.2. The number of nitrogens with one attached hydrogen (secondary N) is 1.